The van der Waals surface area contributed by atoms with Crippen molar-refractivity contribution in [2.24, 2.45) is 0 Å². The molecule has 1 atom stereocenters. The zero-order valence-corrected chi connectivity index (χ0v) is 17.9. The van der Waals surface area contributed by atoms with Crippen LogP contribution in [-0.2, 0) is 11.2 Å². The summed E-state index contributed by atoms with van der Waals surface area (Å²) in [5.74, 6) is -0.165. The number of thioether (sulfide) groups is 1. The number of anilines is 2. The van der Waals surface area contributed by atoms with E-state index in [1.54, 1.807) is 28.9 Å². The summed E-state index contributed by atoms with van der Waals surface area (Å²) in [5, 5.41) is 15.0. The fourth-order valence-corrected chi connectivity index (χ4v) is 4.53. The number of carbonyl (C=O) groups excluding carboxylic acids is 2. The predicted molar refractivity (Wildman–Crippen MR) is 118 cm³/mol. The topological polar surface area (TPSA) is 93.0 Å². The Morgan fingerprint density at radius 3 is 2.68 bits per heavy atom. The van der Waals surface area contributed by atoms with Crippen molar-refractivity contribution in [1.29, 1.82) is 0 Å². The van der Waals surface area contributed by atoms with Crippen molar-refractivity contribution in [3.63, 3.8) is 0 Å². The molecule has 0 spiro atoms. The van der Waals surface area contributed by atoms with Crippen LogP contribution >= 0.6 is 11.8 Å². The van der Waals surface area contributed by atoms with Gasteiger partial charge in [-0.15, -0.1) is 5.10 Å². The van der Waals surface area contributed by atoms with Gasteiger partial charge in [0.1, 0.15) is 0 Å². The summed E-state index contributed by atoms with van der Waals surface area (Å²) in [4.78, 5) is 27.4. The molecule has 31 heavy (non-hydrogen) atoms. The molecule has 1 aliphatic carbocycles. The first-order chi connectivity index (χ1) is 15.1. The minimum absolute atomic E-state index is 0.0290. The molecule has 1 fully saturated rings. The quantitative estimate of drug-likeness (QED) is 0.598. The molecule has 5 rings (SSSR count). The van der Waals surface area contributed by atoms with Crippen molar-refractivity contribution in [2.45, 2.75) is 42.6 Å². The van der Waals surface area contributed by atoms with Crippen LogP contribution in [-0.4, -0.2) is 43.8 Å². The highest BCUT2D eigenvalue weighted by atomic mass is 32.2. The fraction of sp³-hybridized carbons (Fsp3) is 0.318. The third-order valence-corrected chi connectivity index (χ3v) is 6.59. The van der Waals surface area contributed by atoms with E-state index in [-0.39, 0.29) is 17.1 Å². The SMILES string of the molecule is CC(Sc1nnnn1C1CC1)C(=O)Nc1ccc(C(=O)N2CCc3ccccc32)cc1. The van der Waals surface area contributed by atoms with Crippen molar-refractivity contribution < 1.29 is 9.59 Å². The van der Waals surface area contributed by atoms with Crippen molar-refractivity contribution in [2.75, 3.05) is 16.8 Å². The molecule has 1 unspecified atom stereocenters. The number of amides is 2. The summed E-state index contributed by atoms with van der Waals surface area (Å²) in [6.07, 6.45) is 3.02. The van der Waals surface area contributed by atoms with Gasteiger partial charge >= 0.3 is 0 Å². The van der Waals surface area contributed by atoms with E-state index in [1.165, 1.54) is 17.3 Å². The first kappa shape index (κ1) is 19.7. The molecule has 0 bridgehead atoms. The van der Waals surface area contributed by atoms with Gasteiger partial charge in [-0.25, -0.2) is 4.68 Å². The number of rotatable bonds is 6. The number of nitrogens with zero attached hydrogens (tertiary/aromatic N) is 5. The number of hydrogen-bond donors (Lipinski definition) is 1. The van der Waals surface area contributed by atoms with E-state index in [9.17, 15) is 9.59 Å². The van der Waals surface area contributed by atoms with Crippen LogP contribution in [0.1, 0.15) is 41.7 Å². The van der Waals surface area contributed by atoms with E-state index < -0.39 is 0 Å². The second kappa shape index (κ2) is 8.14. The number of carbonyl (C=O) groups is 2. The van der Waals surface area contributed by atoms with Crippen LogP contribution < -0.4 is 10.2 Å². The predicted octanol–water partition coefficient (Wildman–Crippen LogP) is 3.33. The van der Waals surface area contributed by atoms with Gasteiger partial charge in [0, 0.05) is 23.5 Å². The molecule has 1 saturated carbocycles. The number of benzene rings is 2. The van der Waals surface area contributed by atoms with E-state index in [1.807, 2.05) is 30.0 Å². The van der Waals surface area contributed by atoms with Crippen LogP contribution in [0.25, 0.3) is 0 Å². The smallest absolute Gasteiger partial charge is 0.258 e. The third kappa shape index (κ3) is 4.05. The second-order valence-electron chi connectivity index (χ2n) is 7.80. The van der Waals surface area contributed by atoms with Gasteiger partial charge in [-0.1, -0.05) is 30.0 Å². The maximum absolute atomic E-state index is 12.9. The Bertz CT molecular complexity index is 1130. The lowest BCUT2D eigenvalue weighted by Crippen LogP contribution is -2.28. The van der Waals surface area contributed by atoms with Gasteiger partial charge in [0.2, 0.25) is 11.1 Å². The zero-order chi connectivity index (χ0) is 21.4. The highest BCUT2D eigenvalue weighted by Crippen LogP contribution is 2.37. The summed E-state index contributed by atoms with van der Waals surface area (Å²) in [6.45, 7) is 2.51. The summed E-state index contributed by atoms with van der Waals surface area (Å²) >= 11 is 1.34. The standard InChI is InChI=1S/C22H22N6O2S/c1-14(31-22-24-25-26-28(22)18-10-11-18)20(29)23-17-8-6-16(7-9-17)21(30)27-13-12-15-4-2-3-5-19(15)27/h2-9,14,18H,10-13H2,1H3,(H,23,29). The van der Waals surface area contributed by atoms with Crippen LogP contribution in [0.3, 0.4) is 0 Å². The number of aromatic nitrogens is 4. The second-order valence-corrected chi connectivity index (χ2v) is 9.11. The summed E-state index contributed by atoms with van der Waals surface area (Å²) < 4.78 is 1.80. The first-order valence-electron chi connectivity index (χ1n) is 10.4. The zero-order valence-electron chi connectivity index (χ0n) is 17.1. The van der Waals surface area contributed by atoms with Crippen molar-refractivity contribution >= 4 is 35.0 Å². The minimum atomic E-state index is -0.356. The van der Waals surface area contributed by atoms with Crippen molar-refractivity contribution in [3.8, 4) is 0 Å². The monoisotopic (exact) mass is 434 g/mol. The van der Waals surface area contributed by atoms with Gasteiger partial charge in [0.15, 0.2) is 0 Å². The lowest BCUT2D eigenvalue weighted by Gasteiger charge is -2.17. The van der Waals surface area contributed by atoms with E-state index in [4.69, 9.17) is 0 Å². The number of nitrogens with one attached hydrogen (secondary N) is 1. The molecular formula is C22H22N6O2S. The number of fused-ring (bicyclic) bond motifs is 1. The molecule has 3 aromatic rings. The van der Waals surface area contributed by atoms with E-state index in [2.05, 4.69) is 26.9 Å². The third-order valence-electron chi connectivity index (χ3n) is 5.54. The molecule has 9 heteroatoms. The Hall–Kier alpha value is -3.20. The maximum Gasteiger partial charge on any atom is 0.258 e. The molecule has 1 aliphatic heterocycles. The van der Waals surface area contributed by atoms with Crippen LogP contribution in [0.2, 0.25) is 0 Å². The Kier molecular flexibility index (Phi) is 5.19. The highest BCUT2D eigenvalue weighted by Gasteiger charge is 2.29. The Labute approximate surface area is 184 Å². The van der Waals surface area contributed by atoms with Gasteiger partial charge < -0.3 is 10.2 Å². The average Bonchev–Trinajstić information content (AvgIpc) is 3.37. The van der Waals surface area contributed by atoms with E-state index in [0.717, 1.165) is 24.9 Å². The molecular weight excluding hydrogens is 412 g/mol. The fourth-order valence-electron chi connectivity index (χ4n) is 3.67. The summed E-state index contributed by atoms with van der Waals surface area (Å²) in [6, 6.07) is 15.4. The molecule has 0 radical (unpaired) electrons. The maximum atomic E-state index is 12.9. The average molecular weight is 435 g/mol. The molecule has 2 aromatic carbocycles. The lowest BCUT2D eigenvalue weighted by atomic mass is 10.1. The minimum Gasteiger partial charge on any atom is -0.325 e. The Morgan fingerprint density at radius 1 is 1.13 bits per heavy atom. The molecule has 1 N–H and O–H groups in total. The molecule has 0 saturated heterocycles. The van der Waals surface area contributed by atoms with Gasteiger partial charge in [0.05, 0.1) is 11.3 Å². The van der Waals surface area contributed by atoms with Crippen LogP contribution in [0.15, 0.2) is 53.7 Å². The van der Waals surface area contributed by atoms with Crippen LogP contribution in [0, 0.1) is 0 Å². The largest absolute Gasteiger partial charge is 0.325 e. The van der Waals surface area contributed by atoms with Gasteiger partial charge in [-0.05, 0) is 72.5 Å². The first-order valence-corrected chi connectivity index (χ1v) is 11.2. The lowest BCUT2D eigenvalue weighted by molar-refractivity contribution is -0.115. The van der Waals surface area contributed by atoms with Crippen LogP contribution in [0.4, 0.5) is 11.4 Å². The molecule has 8 nitrogen and oxygen atoms in total. The number of hydrogen-bond acceptors (Lipinski definition) is 6. The normalized spacial score (nSPS) is 16.1. The van der Waals surface area contributed by atoms with E-state index in [0.29, 0.717) is 29.0 Å². The molecule has 2 aliphatic rings. The summed E-state index contributed by atoms with van der Waals surface area (Å²) in [5.41, 5.74) is 3.42. The molecule has 158 valence electrons. The van der Waals surface area contributed by atoms with Crippen LogP contribution in [0.5, 0.6) is 0 Å². The van der Waals surface area contributed by atoms with Crippen molar-refractivity contribution in [1.82, 2.24) is 20.2 Å². The Morgan fingerprint density at radius 2 is 1.90 bits per heavy atom. The van der Waals surface area contributed by atoms with E-state index >= 15 is 0 Å². The molecule has 2 heterocycles. The van der Waals surface area contributed by atoms with Gasteiger partial charge in [0.25, 0.3) is 5.91 Å². The van der Waals surface area contributed by atoms with Gasteiger partial charge in [-0.2, -0.15) is 0 Å². The molecule has 2 amide bonds. The number of tetrazole rings is 1. The highest BCUT2D eigenvalue weighted by molar-refractivity contribution is 8.00. The molecule has 1 aromatic heterocycles. The van der Waals surface area contributed by atoms with Gasteiger partial charge in [-0.3, -0.25) is 9.59 Å². The Balaban J connectivity index is 1.21. The summed E-state index contributed by atoms with van der Waals surface area (Å²) in [7, 11) is 0. The van der Waals surface area contributed by atoms with Crippen molar-refractivity contribution in [3.05, 3.63) is 59.7 Å². The number of para-hydroxylation sites is 1.